The molecule has 3 heteroatoms. The SMILES string of the molecule is CCCC(CCC)C(=O)NC(C)CC#N. The summed E-state index contributed by atoms with van der Waals surface area (Å²) in [7, 11) is 0. The van der Waals surface area contributed by atoms with E-state index in [-0.39, 0.29) is 17.9 Å². The zero-order valence-electron chi connectivity index (χ0n) is 10.0. The Morgan fingerprint density at radius 1 is 1.33 bits per heavy atom. The van der Waals surface area contributed by atoms with E-state index < -0.39 is 0 Å². The Bertz CT molecular complexity index is 214. The summed E-state index contributed by atoms with van der Waals surface area (Å²) in [4.78, 5) is 11.8. The van der Waals surface area contributed by atoms with Gasteiger partial charge in [-0.1, -0.05) is 26.7 Å². The first-order valence-corrected chi connectivity index (χ1v) is 5.82. The lowest BCUT2D eigenvalue weighted by atomic mass is 9.97. The van der Waals surface area contributed by atoms with E-state index >= 15 is 0 Å². The molecule has 0 aromatic rings. The van der Waals surface area contributed by atoms with Crippen LogP contribution in [0.5, 0.6) is 0 Å². The third-order valence-electron chi connectivity index (χ3n) is 2.43. The summed E-state index contributed by atoms with van der Waals surface area (Å²) in [5.74, 6) is 0.239. The highest BCUT2D eigenvalue weighted by molar-refractivity contribution is 5.78. The molecule has 1 atom stereocenters. The molecule has 1 unspecified atom stereocenters. The first-order valence-electron chi connectivity index (χ1n) is 5.82. The molecule has 1 N–H and O–H groups in total. The van der Waals surface area contributed by atoms with Crippen LogP contribution >= 0.6 is 0 Å². The average molecular weight is 210 g/mol. The number of hydrogen-bond donors (Lipinski definition) is 1. The number of rotatable bonds is 7. The van der Waals surface area contributed by atoms with Gasteiger partial charge in [0.2, 0.25) is 5.91 Å². The van der Waals surface area contributed by atoms with Gasteiger partial charge in [-0.3, -0.25) is 4.79 Å². The van der Waals surface area contributed by atoms with Crippen molar-refractivity contribution in [3.8, 4) is 6.07 Å². The maximum atomic E-state index is 11.8. The summed E-state index contributed by atoms with van der Waals surface area (Å²) in [6, 6.07) is 2.03. The Hall–Kier alpha value is -1.04. The van der Waals surface area contributed by atoms with Crippen molar-refractivity contribution in [2.45, 2.75) is 58.9 Å². The molecular weight excluding hydrogens is 188 g/mol. The van der Waals surface area contributed by atoms with Gasteiger partial charge in [0.25, 0.3) is 0 Å². The number of amides is 1. The molecule has 3 nitrogen and oxygen atoms in total. The molecule has 0 heterocycles. The van der Waals surface area contributed by atoms with Crippen molar-refractivity contribution >= 4 is 5.91 Å². The number of nitriles is 1. The fourth-order valence-electron chi connectivity index (χ4n) is 1.65. The monoisotopic (exact) mass is 210 g/mol. The van der Waals surface area contributed by atoms with Gasteiger partial charge in [0, 0.05) is 12.0 Å². The number of hydrogen-bond acceptors (Lipinski definition) is 2. The van der Waals surface area contributed by atoms with Crippen LogP contribution in [0.3, 0.4) is 0 Å². The molecule has 0 fully saturated rings. The van der Waals surface area contributed by atoms with Gasteiger partial charge in [0.1, 0.15) is 0 Å². The van der Waals surface area contributed by atoms with Crippen LogP contribution in [0, 0.1) is 17.2 Å². The first-order chi connectivity index (χ1) is 7.15. The third kappa shape index (κ3) is 6.11. The molecule has 0 aliphatic carbocycles. The minimum Gasteiger partial charge on any atom is -0.352 e. The summed E-state index contributed by atoms with van der Waals surface area (Å²) in [5.41, 5.74) is 0. The minimum atomic E-state index is -0.0290. The largest absolute Gasteiger partial charge is 0.352 e. The van der Waals surface area contributed by atoms with Crippen LogP contribution < -0.4 is 5.32 Å². The Kier molecular flexibility index (Phi) is 7.71. The Balaban J connectivity index is 4.07. The summed E-state index contributed by atoms with van der Waals surface area (Å²) in [6.45, 7) is 6.05. The molecule has 86 valence electrons. The van der Waals surface area contributed by atoms with Gasteiger partial charge in [0.15, 0.2) is 0 Å². The molecule has 0 bridgehead atoms. The van der Waals surface area contributed by atoms with Gasteiger partial charge in [-0.15, -0.1) is 0 Å². The van der Waals surface area contributed by atoms with Crippen LogP contribution in [0.25, 0.3) is 0 Å². The van der Waals surface area contributed by atoms with Gasteiger partial charge >= 0.3 is 0 Å². The van der Waals surface area contributed by atoms with Crippen LogP contribution in [-0.2, 0) is 4.79 Å². The summed E-state index contributed by atoms with van der Waals surface area (Å²) >= 11 is 0. The maximum absolute atomic E-state index is 11.8. The molecular formula is C12H22N2O. The highest BCUT2D eigenvalue weighted by Crippen LogP contribution is 2.13. The van der Waals surface area contributed by atoms with E-state index in [1.807, 2.05) is 6.92 Å². The summed E-state index contributed by atoms with van der Waals surface area (Å²) < 4.78 is 0. The van der Waals surface area contributed by atoms with Gasteiger partial charge in [0.05, 0.1) is 12.5 Å². The third-order valence-corrected chi connectivity index (χ3v) is 2.43. The first kappa shape index (κ1) is 14.0. The number of carbonyl (C=O) groups excluding carboxylic acids is 1. The number of nitrogens with zero attached hydrogens (tertiary/aromatic N) is 1. The molecule has 0 aliphatic rings. The van der Waals surface area contributed by atoms with E-state index in [1.165, 1.54) is 0 Å². The standard InChI is InChI=1S/C12H22N2O/c1-4-6-11(7-5-2)12(15)14-10(3)8-9-13/h10-11H,4-8H2,1-3H3,(H,14,15). The van der Waals surface area contributed by atoms with E-state index in [9.17, 15) is 4.79 Å². The molecule has 0 aromatic carbocycles. The van der Waals surface area contributed by atoms with E-state index in [1.54, 1.807) is 0 Å². The molecule has 15 heavy (non-hydrogen) atoms. The molecule has 0 radical (unpaired) electrons. The molecule has 0 rings (SSSR count). The zero-order chi connectivity index (χ0) is 11.7. The Morgan fingerprint density at radius 2 is 1.87 bits per heavy atom. The Morgan fingerprint density at radius 3 is 2.27 bits per heavy atom. The second kappa shape index (κ2) is 8.28. The average Bonchev–Trinajstić information content (AvgIpc) is 2.17. The molecule has 1 amide bonds. The van der Waals surface area contributed by atoms with E-state index in [4.69, 9.17) is 5.26 Å². The topological polar surface area (TPSA) is 52.9 Å². The van der Waals surface area contributed by atoms with Gasteiger partial charge in [-0.25, -0.2) is 0 Å². The van der Waals surface area contributed by atoms with Crippen LogP contribution in [0.4, 0.5) is 0 Å². The van der Waals surface area contributed by atoms with Crippen LogP contribution in [0.2, 0.25) is 0 Å². The van der Waals surface area contributed by atoms with Crippen LogP contribution in [0.1, 0.15) is 52.9 Å². The Labute approximate surface area is 92.9 Å². The minimum absolute atomic E-state index is 0.0290. The smallest absolute Gasteiger partial charge is 0.223 e. The summed E-state index contributed by atoms with van der Waals surface area (Å²) in [5, 5.41) is 11.4. The lowest BCUT2D eigenvalue weighted by Crippen LogP contribution is -2.37. The second-order valence-corrected chi connectivity index (χ2v) is 4.05. The van der Waals surface area contributed by atoms with E-state index in [0.717, 1.165) is 25.7 Å². The van der Waals surface area contributed by atoms with Gasteiger partial charge in [-0.05, 0) is 19.8 Å². The second-order valence-electron chi connectivity index (χ2n) is 4.05. The van der Waals surface area contributed by atoms with Crippen molar-refractivity contribution in [3.05, 3.63) is 0 Å². The highest BCUT2D eigenvalue weighted by Gasteiger charge is 2.17. The predicted molar refractivity (Wildman–Crippen MR) is 61.1 cm³/mol. The lowest BCUT2D eigenvalue weighted by molar-refractivity contribution is -0.126. The van der Waals surface area contributed by atoms with Crippen molar-refractivity contribution in [1.82, 2.24) is 5.32 Å². The van der Waals surface area contributed by atoms with Crippen LogP contribution in [0.15, 0.2) is 0 Å². The lowest BCUT2D eigenvalue weighted by Gasteiger charge is -2.17. The van der Waals surface area contributed by atoms with Crippen molar-refractivity contribution in [3.63, 3.8) is 0 Å². The van der Waals surface area contributed by atoms with E-state index in [0.29, 0.717) is 6.42 Å². The predicted octanol–water partition coefficient (Wildman–Crippen LogP) is 2.62. The fourth-order valence-corrected chi connectivity index (χ4v) is 1.65. The maximum Gasteiger partial charge on any atom is 0.223 e. The number of nitrogens with one attached hydrogen (secondary N) is 1. The van der Waals surface area contributed by atoms with E-state index in [2.05, 4.69) is 25.2 Å². The zero-order valence-corrected chi connectivity index (χ0v) is 10.0. The molecule has 0 saturated heterocycles. The van der Waals surface area contributed by atoms with Crippen molar-refractivity contribution in [2.24, 2.45) is 5.92 Å². The van der Waals surface area contributed by atoms with Gasteiger partial charge in [-0.2, -0.15) is 5.26 Å². The normalized spacial score (nSPS) is 12.2. The van der Waals surface area contributed by atoms with Crippen molar-refractivity contribution < 1.29 is 4.79 Å². The molecule has 0 saturated carbocycles. The van der Waals surface area contributed by atoms with Crippen molar-refractivity contribution in [1.29, 1.82) is 5.26 Å². The quantitative estimate of drug-likeness (QED) is 0.702. The number of carbonyl (C=O) groups is 1. The van der Waals surface area contributed by atoms with Gasteiger partial charge < -0.3 is 5.32 Å². The highest BCUT2D eigenvalue weighted by atomic mass is 16.1. The molecule has 0 spiro atoms. The molecule has 0 aliphatic heterocycles. The molecule has 0 aromatic heterocycles. The van der Waals surface area contributed by atoms with Crippen LogP contribution in [-0.4, -0.2) is 11.9 Å². The fraction of sp³-hybridized carbons (Fsp3) is 0.833. The summed E-state index contributed by atoms with van der Waals surface area (Å²) in [6.07, 6.45) is 4.34. The van der Waals surface area contributed by atoms with Crippen molar-refractivity contribution in [2.75, 3.05) is 0 Å².